The molecule has 0 bridgehead atoms. The van der Waals surface area contributed by atoms with Crippen molar-refractivity contribution in [1.29, 1.82) is 0 Å². The van der Waals surface area contributed by atoms with E-state index in [1.165, 1.54) is 25.8 Å². The van der Waals surface area contributed by atoms with E-state index in [0.29, 0.717) is 12.0 Å². The molecule has 1 heterocycles. The molecule has 0 aromatic rings. The van der Waals surface area contributed by atoms with Gasteiger partial charge in [-0.15, -0.1) is 0 Å². The van der Waals surface area contributed by atoms with E-state index in [2.05, 4.69) is 11.8 Å². The molecule has 0 aromatic heterocycles. The zero-order valence-corrected chi connectivity index (χ0v) is 9.82. The van der Waals surface area contributed by atoms with Gasteiger partial charge in [-0.2, -0.15) is 0 Å². The Morgan fingerprint density at radius 2 is 2.13 bits per heavy atom. The maximum absolute atomic E-state index is 6.14. The van der Waals surface area contributed by atoms with Crippen LogP contribution in [-0.4, -0.2) is 43.3 Å². The third-order valence-corrected chi connectivity index (χ3v) is 3.58. The van der Waals surface area contributed by atoms with Crippen molar-refractivity contribution in [1.82, 2.24) is 4.90 Å². The first-order valence-electron chi connectivity index (χ1n) is 6.38. The van der Waals surface area contributed by atoms with Gasteiger partial charge in [-0.3, -0.25) is 4.90 Å². The highest BCUT2D eigenvalue weighted by Gasteiger charge is 2.32. The van der Waals surface area contributed by atoms with Gasteiger partial charge < -0.3 is 10.5 Å². The van der Waals surface area contributed by atoms with Gasteiger partial charge in [0, 0.05) is 31.2 Å². The molecular weight excluding hydrogens is 188 g/mol. The normalized spacial score (nSPS) is 32.2. The molecule has 2 rings (SSSR count). The second-order valence-corrected chi connectivity index (χ2v) is 5.01. The van der Waals surface area contributed by atoms with Gasteiger partial charge in [0.1, 0.15) is 0 Å². The predicted octanol–water partition coefficient (Wildman–Crippen LogP) is 1.22. The van der Waals surface area contributed by atoms with Crippen LogP contribution in [0.3, 0.4) is 0 Å². The van der Waals surface area contributed by atoms with E-state index in [0.717, 1.165) is 32.2 Å². The van der Waals surface area contributed by atoms with E-state index >= 15 is 0 Å². The molecule has 2 atom stereocenters. The minimum atomic E-state index is 0.358. The zero-order valence-electron chi connectivity index (χ0n) is 9.82. The lowest BCUT2D eigenvalue weighted by Gasteiger charge is -2.33. The first kappa shape index (κ1) is 11.4. The van der Waals surface area contributed by atoms with Crippen molar-refractivity contribution >= 4 is 0 Å². The maximum Gasteiger partial charge on any atom is 0.0521 e. The summed E-state index contributed by atoms with van der Waals surface area (Å²) in [5.74, 6) is 0.561. The van der Waals surface area contributed by atoms with Crippen LogP contribution in [0.25, 0.3) is 0 Å². The van der Waals surface area contributed by atoms with Crippen molar-refractivity contribution in [2.75, 3.05) is 26.3 Å². The van der Waals surface area contributed by atoms with E-state index < -0.39 is 0 Å². The number of nitrogens with zero attached hydrogens (tertiary/aromatic N) is 1. The molecule has 2 N–H and O–H groups in total. The molecule has 1 saturated heterocycles. The van der Waals surface area contributed by atoms with Crippen LogP contribution in [0, 0.1) is 5.92 Å². The highest BCUT2D eigenvalue weighted by Crippen LogP contribution is 2.28. The van der Waals surface area contributed by atoms with Crippen molar-refractivity contribution < 1.29 is 4.74 Å². The molecule has 2 fully saturated rings. The molecule has 3 heteroatoms. The fraction of sp³-hybridized carbons (Fsp3) is 1.00. The van der Waals surface area contributed by atoms with E-state index in [1.807, 2.05) is 0 Å². The van der Waals surface area contributed by atoms with Crippen LogP contribution in [0.5, 0.6) is 0 Å². The first-order valence-corrected chi connectivity index (χ1v) is 6.38. The minimum Gasteiger partial charge on any atom is -0.381 e. The molecule has 1 aliphatic carbocycles. The zero-order chi connectivity index (χ0) is 10.7. The Morgan fingerprint density at radius 1 is 1.33 bits per heavy atom. The molecule has 3 nitrogen and oxygen atoms in total. The number of hydrogen-bond acceptors (Lipinski definition) is 3. The minimum absolute atomic E-state index is 0.358. The quantitative estimate of drug-likeness (QED) is 0.745. The summed E-state index contributed by atoms with van der Waals surface area (Å²) in [4.78, 5) is 2.62. The van der Waals surface area contributed by atoms with Crippen LogP contribution in [0.4, 0.5) is 0 Å². The molecule has 15 heavy (non-hydrogen) atoms. The molecule has 0 amide bonds. The number of nitrogens with two attached hydrogens (primary N) is 1. The molecule has 2 aliphatic rings. The average Bonchev–Trinajstić information content (AvgIpc) is 3.04. The summed E-state index contributed by atoms with van der Waals surface area (Å²) in [5.41, 5.74) is 6.14. The average molecular weight is 212 g/mol. The molecule has 2 unspecified atom stereocenters. The van der Waals surface area contributed by atoms with Crippen molar-refractivity contribution in [3.8, 4) is 0 Å². The van der Waals surface area contributed by atoms with Crippen LogP contribution in [0.15, 0.2) is 0 Å². The lowest BCUT2D eigenvalue weighted by atomic mass is 9.96. The Morgan fingerprint density at radius 3 is 2.73 bits per heavy atom. The van der Waals surface area contributed by atoms with E-state index in [-0.39, 0.29) is 0 Å². The van der Waals surface area contributed by atoms with Crippen LogP contribution in [0.2, 0.25) is 0 Å². The summed E-state index contributed by atoms with van der Waals surface area (Å²) in [5, 5.41) is 0. The standard InChI is InChI=1S/C12H24N2O/c1-2-6-14(11-3-4-11)8-10-9-15-7-5-12(10)13/h10-12H,2-9,13H2,1H3. The fourth-order valence-corrected chi connectivity index (χ4v) is 2.45. The maximum atomic E-state index is 6.14. The third-order valence-electron chi connectivity index (χ3n) is 3.58. The van der Waals surface area contributed by atoms with Gasteiger partial charge in [-0.05, 0) is 32.2 Å². The highest BCUT2D eigenvalue weighted by molar-refractivity contribution is 4.88. The molecule has 0 aromatic carbocycles. The lowest BCUT2D eigenvalue weighted by molar-refractivity contribution is 0.0248. The van der Waals surface area contributed by atoms with Gasteiger partial charge in [0.2, 0.25) is 0 Å². The highest BCUT2D eigenvalue weighted by atomic mass is 16.5. The van der Waals surface area contributed by atoms with E-state index in [4.69, 9.17) is 10.5 Å². The second kappa shape index (κ2) is 5.28. The van der Waals surface area contributed by atoms with Crippen LogP contribution in [0.1, 0.15) is 32.6 Å². The smallest absolute Gasteiger partial charge is 0.0521 e. The van der Waals surface area contributed by atoms with Gasteiger partial charge in [0.15, 0.2) is 0 Å². The van der Waals surface area contributed by atoms with Gasteiger partial charge >= 0.3 is 0 Å². The number of ether oxygens (including phenoxy) is 1. The third kappa shape index (κ3) is 3.16. The van der Waals surface area contributed by atoms with Gasteiger partial charge in [-0.25, -0.2) is 0 Å². The molecular formula is C12H24N2O. The van der Waals surface area contributed by atoms with Crippen molar-refractivity contribution in [2.45, 2.75) is 44.7 Å². The van der Waals surface area contributed by atoms with Crippen molar-refractivity contribution in [2.24, 2.45) is 11.7 Å². The predicted molar refractivity (Wildman–Crippen MR) is 61.8 cm³/mol. The molecule has 1 aliphatic heterocycles. The van der Waals surface area contributed by atoms with Crippen molar-refractivity contribution in [3.63, 3.8) is 0 Å². The first-order chi connectivity index (χ1) is 7.31. The molecule has 0 radical (unpaired) electrons. The summed E-state index contributed by atoms with van der Waals surface area (Å²) in [6, 6.07) is 1.22. The van der Waals surface area contributed by atoms with Crippen LogP contribution in [-0.2, 0) is 4.74 Å². The summed E-state index contributed by atoms with van der Waals surface area (Å²) in [6.45, 7) is 6.36. The second-order valence-electron chi connectivity index (χ2n) is 5.01. The topological polar surface area (TPSA) is 38.5 Å². The summed E-state index contributed by atoms with van der Waals surface area (Å²) < 4.78 is 5.53. The summed E-state index contributed by atoms with van der Waals surface area (Å²) >= 11 is 0. The summed E-state index contributed by atoms with van der Waals surface area (Å²) in [7, 11) is 0. The molecule has 1 saturated carbocycles. The Labute approximate surface area is 93.0 Å². The Balaban J connectivity index is 1.81. The van der Waals surface area contributed by atoms with Crippen LogP contribution < -0.4 is 5.73 Å². The van der Waals surface area contributed by atoms with Gasteiger partial charge in [0.25, 0.3) is 0 Å². The lowest BCUT2D eigenvalue weighted by Crippen LogP contribution is -2.45. The molecule has 88 valence electrons. The molecule has 0 spiro atoms. The van der Waals surface area contributed by atoms with Crippen LogP contribution >= 0.6 is 0 Å². The Kier molecular flexibility index (Phi) is 4.00. The number of rotatable bonds is 5. The summed E-state index contributed by atoms with van der Waals surface area (Å²) in [6.07, 6.45) is 5.07. The van der Waals surface area contributed by atoms with Gasteiger partial charge in [0.05, 0.1) is 6.61 Å². The number of hydrogen-bond donors (Lipinski definition) is 1. The van der Waals surface area contributed by atoms with E-state index in [1.54, 1.807) is 0 Å². The van der Waals surface area contributed by atoms with E-state index in [9.17, 15) is 0 Å². The SMILES string of the molecule is CCCN(CC1COCCC1N)C1CC1. The van der Waals surface area contributed by atoms with Crippen molar-refractivity contribution in [3.05, 3.63) is 0 Å². The Bertz CT molecular complexity index is 192. The van der Waals surface area contributed by atoms with Gasteiger partial charge in [-0.1, -0.05) is 6.92 Å². The monoisotopic (exact) mass is 212 g/mol. The largest absolute Gasteiger partial charge is 0.381 e. The Hall–Kier alpha value is -0.120. The fourth-order valence-electron chi connectivity index (χ4n) is 2.45.